The molecular formula is C21H31FN4O2. The minimum absolute atomic E-state index is 0.0395. The fourth-order valence-electron chi connectivity index (χ4n) is 2.85. The lowest BCUT2D eigenvalue weighted by molar-refractivity contribution is 0.0428. The van der Waals surface area contributed by atoms with Crippen molar-refractivity contribution in [3.8, 4) is 0 Å². The zero-order chi connectivity index (χ0) is 20.7. The summed E-state index contributed by atoms with van der Waals surface area (Å²) in [6.07, 6.45) is 0. The van der Waals surface area contributed by atoms with Crippen LogP contribution in [0.1, 0.15) is 37.0 Å². The van der Waals surface area contributed by atoms with Crippen LogP contribution in [0.25, 0.3) is 0 Å². The van der Waals surface area contributed by atoms with Crippen LogP contribution >= 0.6 is 0 Å². The van der Waals surface area contributed by atoms with Crippen LogP contribution in [0.2, 0.25) is 0 Å². The third-order valence-corrected chi connectivity index (χ3v) is 4.50. The van der Waals surface area contributed by atoms with Gasteiger partial charge in [0.1, 0.15) is 22.9 Å². The van der Waals surface area contributed by atoms with Gasteiger partial charge in [0.05, 0.1) is 12.6 Å². The molecule has 2 aromatic rings. The van der Waals surface area contributed by atoms with Crippen LogP contribution in [0.15, 0.2) is 45.8 Å². The summed E-state index contributed by atoms with van der Waals surface area (Å²) >= 11 is 0. The van der Waals surface area contributed by atoms with Gasteiger partial charge in [-0.15, -0.1) is 0 Å². The lowest BCUT2D eigenvalue weighted by Gasteiger charge is -2.26. The first-order chi connectivity index (χ1) is 13.2. The number of likely N-dealkylation sites (N-methyl/N-ethyl adjacent to an activating group) is 1. The van der Waals surface area contributed by atoms with Gasteiger partial charge in [-0.05, 0) is 64.7 Å². The van der Waals surface area contributed by atoms with Crippen LogP contribution in [0.3, 0.4) is 0 Å². The number of furan rings is 1. The maximum atomic E-state index is 13.2. The number of benzene rings is 1. The molecule has 1 aromatic carbocycles. The van der Waals surface area contributed by atoms with Crippen LogP contribution < -0.4 is 10.6 Å². The fourth-order valence-corrected chi connectivity index (χ4v) is 2.85. The van der Waals surface area contributed by atoms with Gasteiger partial charge in [-0.2, -0.15) is 0 Å². The second kappa shape index (κ2) is 9.71. The van der Waals surface area contributed by atoms with Gasteiger partial charge in [-0.25, -0.2) is 9.38 Å². The van der Waals surface area contributed by atoms with E-state index in [1.165, 1.54) is 12.1 Å². The van der Waals surface area contributed by atoms with Gasteiger partial charge in [0.2, 0.25) is 0 Å². The highest BCUT2D eigenvalue weighted by Crippen LogP contribution is 2.23. The summed E-state index contributed by atoms with van der Waals surface area (Å²) < 4.78 is 18.8. The number of nitrogens with one attached hydrogen (secondary N) is 2. The second-order valence-electron chi connectivity index (χ2n) is 7.29. The summed E-state index contributed by atoms with van der Waals surface area (Å²) in [4.78, 5) is 6.58. The molecule has 0 fully saturated rings. The number of hydrogen-bond donors (Lipinski definition) is 3. The SMILES string of the molecule is CCNC(=NCC(C)(O)c1ccc(C)o1)NCC(c1ccc(F)cc1)N(C)C. The van der Waals surface area contributed by atoms with Crippen molar-refractivity contribution in [3.05, 3.63) is 59.3 Å². The van der Waals surface area contributed by atoms with E-state index in [0.29, 0.717) is 24.8 Å². The molecular weight excluding hydrogens is 359 g/mol. The van der Waals surface area contributed by atoms with E-state index < -0.39 is 5.60 Å². The van der Waals surface area contributed by atoms with Crippen LogP contribution in [0.4, 0.5) is 4.39 Å². The van der Waals surface area contributed by atoms with Gasteiger partial charge < -0.3 is 25.1 Å². The molecule has 1 aromatic heterocycles. The van der Waals surface area contributed by atoms with Crippen LogP contribution in [-0.4, -0.2) is 49.7 Å². The van der Waals surface area contributed by atoms with Gasteiger partial charge in [-0.3, -0.25) is 0 Å². The Hall–Kier alpha value is -2.38. The minimum atomic E-state index is -1.20. The molecule has 28 heavy (non-hydrogen) atoms. The maximum Gasteiger partial charge on any atom is 0.191 e. The number of guanidine groups is 1. The molecule has 0 bridgehead atoms. The Kier molecular flexibility index (Phi) is 7.60. The van der Waals surface area contributed by atoms with Crippen LogP contribution in [0, 0.1) is 12.7 Å². The van der Waals surface area contributed by atoms with Crippen molar-refractivity contribution in [1.82, 2.24) is 15.5 Å². The molecule has 0 saturated heterocycles. The molecule has 0 aliphatic carbocycles. The largest absolute Gasteiger partial charge is 0.463 e. The fraction of sp³-hybridized carbons (Fsp3) is 0.476. The summed E-state index contributed by atoms with van der Waals surface area (Å²) in [6, 6.07) is 10.1. The molecule has 2 unspecified atom stereocenters. The van der Waals surface area contributed by atoms with E-state index in [-0.39, 0.29) is 18.4 Å². The van der Waals surface area contributed by atoms with Crippen molar-refractivity contribution in [3.63, 3.8) is 0 Å². The van der Waals surface area contributed by atoms with E-state index in [1.807, 2.05) is 34.0 Å². The highest BCUT2D eigenvalue weighted by atomic mass is 19.1. The second-order valence-corrected chi connectivity index (χ2v) is 7.29. The summed E-state index contributed by atoms with van der Waals surface area (Å²) in [6.45, 7) is 6.92. The first kappa shape index (κ1) is 21.9. The molecule has 0 aliphatic heterocycles. The number of nitrogens with zero attached hydrogens (tertiary/aromatic N) is 2. The molecule has 2 atom stereocenters. The van der Waals surface area contributed by atoms with Gasteiger partial charge in [0.25, 0.3) is 0 Å². The molecule has 0 spiro atoms. The predicted octanol–water partition coefficient (Wildman–Crippen LogP) is 2.79. The van der Waals surface area contributed by atoms with E-state index in [9.17, 15) is 9.50 Å². The smallest absolute Gasteiger partial charge is 0.191 e. The lowest BCUT2D eigenvalue weighted by atomic mass is 10.0. The van der Waals surface area contributed by atoms with Gasteiger partial charge >= 0.3 is 0 Å². The number of rotatable bonds is 8. The Morgan fingerprint density at radius 1 is 1.21 bits per heavy atom. The Morgan fingerprint density at radius 3 is 2.43 bits per heavy atom. The van der Waals surface area contributed by atoms with Gasteiger partial charge in [0, 0.05) is 13.1 Å². The quantitative estimate of drug-likeness (QED) is 0.478. The summed E-state index contributed by atoms with van der Waals surface area (Å²) in [7, 11) is 3.95. The molecule has 0 radical (unpaired) electrons. The average molecular weight is 391 g/mol. The van der Waals surface area contributed by atoms with E-state index in [1.54, 1.807) is 25.1 Å². The maximum absolute atomic E-state index is 13.2. The Bertz CT molecular complexity index is 769. The Morgan fingerprint density at radius 2 is 1.89 bits per heavy atom. The van der Waals surface area contributed by atoms with Gasteiger partial charge in [0.15, 0.2) is 5.96 Å². The average Bonchev–Trinajstić information content (AvgIpc) is 3.08. The first-order valence-corrected chi connectivity index (χ1v) is 9.46. The number of hydrogen-bond acceptors (Lipinski definition) is 4. The zero-order valence-corrected chi connectivity index (χ0v) is 17.3. The summed E-state index contributed by atoms with van der Waals surface area (Å²) in [5, 5.41) is 17.2. The van der Waals surface area contributed by atoms with Crippen molar-refractivity contribution in [2.75, 3.05) is 33.7 Å². The zero-order valence-electron chi connectivity index (χ0n) is 17.3. The number of aliphatic hydroxyl groups is 1. The minimum Gasteiger partial charge on any atom is -0.463 e. The van der Waals surface area contributed by atoms with Crippen molar-refractivity contribution in [2.24, 2.45) is 4.99 Å². The Labute approximate surface area is 166 Å². The van der Waals surface area contributed by atoms with Crippen LogP contribution in [0.5, 0.6) is 0 Å². The molecule has 3 N–H and O–H groups in total. The summed E-state index contributed by atoms with van der Waals surface area (Å²) in [5.74, 6) is 1.58. The normalized spacial score (nSPS) is 15.4. The van der Waals surface area contributed by atoms with Crippen molar-refractivity contribution < 1.29 is 13.9 Å². The van der Waals surface area contributed by atoms with Crippen molar-refractivity contribution in [1.29, 1.82) is 0 Å². The molecule has 0 aliphatic rings. The standard InChI is InChI=1S/C21H31FN4O2/c1-6-23-20(25-14-21(3,27)19-12-7-15(2)28-19)24-13-18(26(4)5)16-8-10-17(22)11-9-16/h7-12,18,27H,6,13-14H2,1-5H3,(H2,23,24,25). The third kappa shape index (κ3) is 6.07. The molecule has 154 valence electrons. The van der Waals surface area contributed by atoms with E-state index in [0.717, 1.165) is 11.3 Å². The predicted molar refractivity (Wildman–Crippen MR) is 110 cm³/mol. The van der Waals surface area contributed by atoms with Crippen LogP contribution in [-0.2, 0) is 5.60 Å². The van der Waals surface area contributed by atoms with E-state index >= 15 is 0 Å². The van der Waals surface area contributed by atoms with Gasteiger partial charge in [-0.1, -0.05) is 12.1 Å². The molecule has 0 amide bonds. The number of aryl methyl sites for hydroxylation is 1. The van der Waals surface area contributed by atoms with Crippen molar-refractivity contribution >= 4 is 5.96 Å². The monoisotopic (exact) mass is 390 g/mol. The topological polar surface area (TPSA) is 73.0 Å². The highest BCUT2D eigenvalue weighted by Gasteiger charge is 2.27. The Balaban J connectivity index is 2.07. The summed E-state index contributed by atoms with van der Waals surface area (Å²) in [5.41, 5.74) is -0.193. The molecule has 6 nitrogen and oxygen atoms in total. The number of aliphatic imine (C=N–C) groups is 1. The molecule has 1 heterocycles. The van der Waals surface area contributed by atoms with E-state index in [2.05, 4.69) is 20.5 Å². The highest BCUT2D eigenvalue weighted by molar-refractivity contribution is 5.79. The van der Waals surface area contributed by atoms with Crippen molar-refractivity contribution in [2.45, 2.75) is 32.4 Å². The molecule has 7 heteroatoms. The third-order valence-electron chi connectivity index (χ3n) is 4.50. The lowest BCUT2D eigenvalue weighted by Crippen LogP contribution is -2.42. The number of halogens is 1. The molecule has 2 rings (SSSR count). The van der Waals surface area contributed by atoms with E-state index in [4.69, 9.17) is 4.42 Å². The molecule has 0 saturated carbocycles. The first-order valence-electron chi connectivity index (χ1n) is 9.46.